The second-order valence-corrected chi connectivity index (χ2v) is 11.9. The molecule has 5 aromatic carbocycles. The van der Waals surface area contributed by atoms with Crippen molar-refractivity contribution in [2.24, 2.45) is 0 Å². The Morgan fingerprint density at radius 1 is 0.618 bits per heavy atom. The van der Waals surface area contributed by atoms with Gasteiger partial charge in [0.25, 0.3) is 0 Å². The van der Waals surface area contributed by atoms with Gasteiger partial charge in [0, 0.05) is 9.52 Å². The van der Waals surface area contributed by atoms with Crippen molar-refractivity contribution in [2.45, 2.75) is 65.5 Å². The van der Waals surface area contributed by atoms with Crippen LogP contribution in [0.4, 0.5) is 0 Å². The second-order valence-electron chi connectivity index (χ2n) is 10.9. The zero-order valence-corrected chi connectivity index (χ0v) is 25.5. The van der Waals surface area contributed by atoms with Gasteiger partial charge in [0.15, 0.2) is 0 Å². The summed E-state index contributed by atoms with van der Waals surface area (Å²) in [6, 6.07) is 30.8. The van der Waals surface area contributed by atoms with E-state index in [-0.39, 0.29) is 37.0 Å². The first-order chi connectivity index (χ1) is 15.5. The van der Waals surface area contributed by atoms with E-state index >= 15 is 0 Å². The van der Waals surface area contributed by atoms with Gasteiger partial charge in [0.05, 0.1) is 0 Å². The molecule has 0 heterocycles. The van der Waals surface area contributed by atoms with Crippen LogP contribution in [0.3, 0.4) is 0 Å². The first kappa shape index (κ1) is 28.5. The molecule has 2 radical (unpaired) electrons. The zero-order chi connectivity index (χ0) is 24.2. The Labute approximate surface area is 228 Å². The van der Waals surface area contributed by atoms with Crippen molar-refractivity contribution >= 4 is 41.8 Å². The van der Waals surface area contributed by atoms with Crippen LogP contribution in [0.15, 0.2) is 84.9 Å². The summed E-state index contributed by atoms with van der Waals surface area (Å²) in [4.78, 5) is 0. The monoisotopic (exact) mass is 540 g/mol. The topological polar surface area (TPSA) is 0 Å². The van der Waals surface area contributed by atoms with E-state index in [9.17, 15) is 0 Å². The maximum absolute atomic E-state index is 2.35. The van der Waals surface area contributed by atoms with Gasteiger partial charge in [0.1, 0.15) is 0 Å². The summed E-state index contributed by atoms with van der Waals surface area (Å²) in [6.45, 7) is 17.9. The molecule has 0 spiro atoms. The Morgan fingerprint density at radius 2 is 1.09 bits per heavy atom. The zero-order valence-electron chi connectivity index (χ0n) is 22.1. The normalized spacial score (nSPS) is 11.4. The van der Waals surface area contributed by atoms with Crippen LogP contribution < -0.4 is 0 Å². The predicted molar refractivity (Wildman–Crippen MR) is 151 cm³/mol. The van der Waals surface area contributed by atoms with Crippen molar-refractivity contribution in [3.63, 3.8) is 0 Å². The van der Waals surface area contributed by atoms with Gasteiger partial charge >= 0.3 is 26.2 Å². The van der Waals surface area contributed by atoms with Crippen LogP contribution in [-0.2, 0) is 37.0 Å². The minimum Gasteiger partial charge on any atom is -0.168 e. The molecule has 5 rings (SSSR count). The third-order valence-electron chi connectivity index (χ3n) is 5.98. The fourth-order valence-electron chi connectivity index (χ4n) is 4.03. The Balaban J connectivity index is 0.000000261. The average molecular weight is 542 g/mol. The number of hydrogen-bond acceptors (Lipinski definition) is 0. The minimum absolute atomic E-state index is 0. The second kappa shape index (κ2) is 11.8. The molecular weight excluding hydrogens is 504 g/mol. The molecule has 0 aromatic heterocycles. The molecule has 34 heavy (non-hydrogen) atoms. The Morgan fingerprint density at radius 3 is 1.53 bits per heavy atom. The summed E-state index contributed by atoms with van der Waals surface area (Å²) in [6.07, 6.45) is 0. The maximum atomic E-state index is 2.35. The smallest absolute Gasteiger partial charge is 0.168 e. The first-order valence-electron chi connectivity index (χ1n) is 11.9. The molecule has 0 saturated carbocycles. The van der Waals surface area contributed by atoms with Gasteiger partial charge in [-0.25, -0.2) is 0 Å². The van der Waals surface area contributed by atoms with Crippen molar-refractivity contribution in [3.8, 4) is 0 Å². The van der Waals surface area contributed by atoms with Gasteiger partial charge in [0.2, 0.25) is 0 Å². The van der Waals surface area contributed by atoms with Crippen LogP contribution in [0.5, 0.6) is 0 Å². The van der Waals surface area contributed by atoms with Crippen LogP contribution in [-0.4, -0.2) is 9.52 Å². The molecular formula is C32H38SiZr. The SMILES string of the molecule is CC(C)(C)c1ccc2c(c1)[cH-]c1cc(C(C)(C)C)ccc12.C[Si]C.[Zr+2].c1ccc2[cH-]ccc2c1. The van der Waals surface area contributed by atoms with Gasteiger partial charge in [-0.3, -0.25) is 0 Å². The molecule has 174 valence electrons. The fraction of sp³-hybridized carbons (Fsp3) is 0.312. The van der Waals surface area contributed by atoms with Gasteiger partial charge in [-0.15, -0.1) is 69.4 Å². The molecule has 0 nitrogen and oxygen atoms in total. The van der Waals surface area contributed by atoms with Crippen LogP contribution in [0.1, 0.15) is 52.7 Å². The average Bonchev–Trinajstić information content (AvgIpc) is 3.37. The molecule has 0 saturated heterocycles. The molecule has 0 aliphatic rings. The Kier molecular flexibility index (Phi) is 9.87. The van der Waals surface area contributed by atoms with E-state index in [1.165, 1.54) is 43.4 Å². The van der Waals surface area contributed by atoms with Crippen molar-refractivity contribution < 1.29 is 26.2 Å². The first-order valence-corrected chi connectivity index (χ1v) is 13.9. The minimum atomic E-state index is 0. The van der Waals surface area contributed by atoms with E-state index in [1.807, 2.05) is 0 Å². The standard InChI is InChI=1S/C21H25.C9H7.C2H6Si.Zr/c1-20(2,3)16-7-9-18-14(12-16)11-15-13-17(21(4,5)6)8-10-19(15)18;1-2-5-9-7-3-6-8(9)4-1;1-3-2;/h7-13H,1-6H3;1-7H;1-2H3;/q2*-1;;+2. The Hall–Kier alpha value is -1.76. The largest absolute Gasteiger partial charge is 2.00 e. The van der Waals surface area contributed by atoms with Gasteiger partial charge in [-0.2, -0.15) is 17.5 Å². The van der Waals surface area contributed by atoms with E-state index in [1.54, 1.807) is 0 Å². The van der Waals surface area contributed by atoms with E-state index in [0.717, 1.165) is 9.52 Å². The number of hydrogen-bond donors (Lipinski definition) is 0. The molecule has 0 fully saturated rings. The van der Waals surface area contributed by atoms with E-state index in [2.05, 4.69) is 140 Å². The molecule has 0 bridgehead atoms. The number of rotatable bonds is 0. The third kappa shape index (κ3) is 6.89. The summed E-state index contributed by atoms with van der Waals surface area (Å²) in [5.41, 5.74) is 3.21. The van der Waals surface area contributed by atoms with Crippen LogP contribution >= 0.6 is 0 Å². The van der Waals surface area contributed by atoms with Crippen LogP contribution in [0.25, 0.3) is 32.3 Å². The number of benzene rings is 3. The molecule has 5 aromatic rings. The molecule has 0 aliphatic carbocycles. The fourth-order valence-corrected chi connectivity index (χ4v) is 4.03. The van der Waals surface area contributed by atoms with Crippen molar-refractivity contribution in [1.82, 2.24) is 0 Å². The van der Waals surface area contributed by atoms with Crippen molar-refractivity contribution in [3.05, 3.63) is 96.1 Å². The van der Waals surface area contributed by atoms with Gasteiger partial charge in [-0.1, -0.05) is 96.1 Å². The van der Waals surface area contributed by atoms with Crippen LogP contribution in [0, 0.1) is 0 Å². The predicted octanol–water partition coefficient (Wildman–Crippen LogP) is 9.65. The Bertz CT molecular complexity index is 1220. The molecule has 0 aliphatic heterocycles. The molecule has 0 atom stereocenters. The summed E-state index contributed by atoms with van der Waals surface area (Å²) in [5, 5.41) is 8.14. The van der Waals surface area contributed by atoms with Crippen molar-refractivity contribution in [1.29, 1.82) is 0 Å². The summed E-state index contributed by atoms with van der Waals surface area (Å²) >= 11 is 0. The maximum Gasteiger partial charge on any atom is 2.00 e. The summed E-state index contributed by atoms with van der Waals surface area (Å²) in [5.74, 6) is 0. The van der Waals surface area contributed by atoms with Crippen LogP contribution in [0.2, 0.25) is 13.1 Å². The van der Waals surface area contributed by atoms with E-state index in [0.29, 0.717) is 0 Å². The van der Waals surface area contributed by atoms with Gasteiger partial charge < -0.3 is 0 Å². The van der Waals surface area contributed by atoms with E-state index < -0.39 is 0 Å². The quantitative estimate of drug-likeness (QED) is 0.135. The molecule has 0 unspecified atom stereocenters. The third-order valence-corrected chi connectivity index (χ3v) is 5.98. The molecule has 0 amide bonds. The summed E-state index contributed by atoms with van der Waals surface area (Å²) in [7, 11) is 1.08. The number of fused-ring (bicyclic) bond motifs is 4. The van der Waals surface area contributed by atoms with E-state index in [4.69, 9.17) is 0 Å². The summed E-state index contributed by atoms with van der Waals surface area (Å²) < 4.78 is 0. The van der Waals surface area contributed by atoms with Gasteiger partial charge in [-0.05, 0) is 10.8 Å². The molecule has 2 heteroatoms. The van der Waals surface area contributed by atoms with Crippen molar-refractivity contribution in [2.75, 3.05) is 0 Å². The molecule has 0 N–H and O–H groups in total.